The van der Waals surface area contributed by atoms with Gasteiger partial charge in [-0.15, -0.1) is 0 Å². The van der Waals surface area contributed by atoms with E-state index in [1.165, 1.54) is 0 Å². The Kier molecular flexibility index (Phi) is 28.4. The van der Waals surface area contributed by atoms with E-state index in [1.54, 1.807) is 0 Å². The first-order valence-corrected chi connectivity index (χ1v) is 2.00. The maximum atomic E-state index is 8.52. The van der Waals surface area contributed by atoms with E-state index in [0.717, 1.165) is 0 Å². The molecule has 0 fully saturated rings. The molecule has 0 saturated heterocycles. The van der Waals surface area contributed by atoms with Crippen molar-refractivity contribution in [1.29, 1.82) is 0 Å². The van der Waals surface area contributed by atoms with Crippen molar-refractivity contribution in [1.82, 2.24) is 0 Å². The minimum absolute atomic E-state index is 0. The third-order valence-electron chi connectivity index (χ3n) is 0. The van der Waals surface area contributed by atoms with Gasteiger partial charge >= 0.3 is 99.8 Å². The third-order valence-corrected chi connectivity index (χ3v) is 0. The van der Waals surface area contributed by atoms with E-state index >= 15 is 0 Å². The summed E-state index contributed by atoms with van der Waals surface area (Å²) in [7, 11) is -5.17. The summed E-state index contributed by atoms with van der Waals surface area (Å²) < 4.78 is 34.1. The summed E-state index contributed by atoms with van der Waals surface area (Å²) in [5.41, 5.74) is 0. The van der Waals surface area contributed by atoms with Gasteiger partial charge in [-0.05, 0) is 0 Å². The van der Waals surface area contributed by atoms with E-state index in [0.29, 0.717) is 0 Å². The van der Waals surface area contributed by atoms with Crippen molar-refractivity contribution >= 4 is 40.0 Å². The molecule has 0 aromatic rings. The van der Waals surface area contributed by atoms with Crippen LogP contribution in [0.4, 0.5) is 0 Å². The molecule has 0 spiro atoms. The second-order valence-corrected chi connectivity index (χ2v) is 1.22. The first-order chi connectivity index (χ1) is 2.00. The van der Waals surface area contributed by atoms with Gasteiger partial charge in [-0.1, -0.05) is 0 Å². The van der Waals surface area contributed by atoms with Crippen LogP contribution in [-0.2, 0) is 10.4 Å². The van der Waals surface area contributed by atoms with Crippen molar-refractivity contribution < 1.29 is 87.8 Å². The first kappa shape index (κ1) is 22.5. The van der Waals surface area contributed by atoms with E-state index < -0.39 is 10.4 Å². The molecule has 0 amide bonds. The van der Waals surface area contributed by atoms with Crippen LogP contribution in [0.5, 0.6) is 0 Å². The van der Waals surface area contributed by atoms with Gasteiger partial charge in [0.25, 0.3) is 0 Å². The summed E-state index contributed by atoms with van der Waals surface area (Å²) in [6.07, 6.45) is 0. The van der Waals surface area contributed by atoms with Gasteiger partial charge in [0.05, 0.1) is 0 Å². The van der Waals surface area contributed by atoms with Gasteiger partial charge in [0.1, 0.15) is 0 Å². The van der Waals surface area contributed by atoms with Gasteiger partial charge in [0, 0.05) is 10.4 Å². The molecule has 8 heteroatoms. The van der Waals surface area contributed by atoms with E-state index in [9.17, 15) is 0 Å². The zero-order valence-electron chi connectivity index (χ0n) is 4.04. The van der Waals surface area contributed by atoms with Crippen LogP contribution in [0.3, 0.4) is 0 Å². The molecule has 0 saturated carbocycles. The molecule has 0 aliphatic rings. The molecule has 0 rings (SSSR count). The minimum atomic E-state index is -5.17. The number of rotatable bonds is 0. The quantitative estimate of drug-likeness (QED) is 0.203. The molecule has 0 aliphatic carbocycles. The molecule has 34 valence electrons. The van der Waals surface area contributed by atoms with E-state index in [4.69, 9.17) is 17.5 Å². The summed E-state index contributed by atoms with van der Waals surface area (Å²) in [6, 6.07) is 0. The van der Waals surface area contributed by atoms with Crippen LogP contribution in [0.25, 0.3) is 0 Å². The molecular weight excluding hydrogens is 165 g/mol. The average molecular weight is 166 g/mol. The second kappa shape index (κ2) is 10.1. The Morgan fingerprint density at radius 3 is 1.12 bits per heavy atom. The molecule has 0 heterocycles. The zero-order valence-corrected chi connectivity index (χ0v) is 7.98. The fraction of sp³-hybridized carbons (Fsp3) is 0. The van der Waals surface area contributed by atoms with Crippen molar-refractivity contribution in [3.05, 3.63) is 0 Å². The molecule has 8 heavy (non-hydrogen) atoms. The molecule has 4 nitrogen and oxygen atoms in total. The van der Waals surface area contributed by atoms with E-state index in [1.807, 2.05) is 0 Å². The topological polar surface area (TPSA) is 80.3 Å². The molecule has 0 atom stereocenters. The molecule has 0 N–H and O–H groups in total. The summed E-state index contributed by atoms with van der Waals surface area (Å²) in [5.74, 6) is 0. The van der Waals surface area contributed by atoms with Crippen LogP contribution < -0.4 is 70.2 Å². The van der Waals surface area contributed by atoms with Crippen LogP contribution in [0.15, 0.2) is 0 Å². The van der Waals surface area contributed by atoms with Crippen molar-refractivity contribution in [2.24, 2.45) is 0 Å². The monoisotopic (exact) mass is 166 g/mol. The van der Waals surface area contributed by atoms with Crippen LogP contribution >= 0.6 is 0 Å². The Bertz CT molecular complexity index is 99.2. The molecule has 0 aromatic carbocycles. The SMILES string of the molecule is O=S(=O)([O-])[O-].[K+].[Li+].[NaH]. The third kappa shape index (κ3) is 62.1. The Morgan fingerprint density at radius 1 is 1.12 bits per heavy atom. The maximum absolute atomic E-state index is 8.52. The van der Waals surface area contributed by atoms with Crippen LogP contribution in [0.2, 0.25) is 0 Å². The summed E-state index contributed by atoms with van der Waals surface area (Å²) >= 11 is 0. The number of hydrogen-bond acceptors (Lipinski definition) is 4. The summed E-state index contributed by atoms with van der Waals surface area (Å²) in [5, 5.41) is 0. The van der Waals surface area contributed by atoms with Crippen LogP contribution in [0.1, 0.15) is 0 Å². The predicted octanol–water partition coefficient (Wildman–Crippen LogP) is -7.98. The Balaban J connectivity index is -0.0000000267. The predicted molar refractivity (Wildman–Crippen MR) is 17.6 cm³/mol. The van der Waals surface area contributed by atoms with Crippen molar-refractivity contribution in [2.75, 3.05) is 0 Å². The van der Waals surface area contributed by atoms with Crippen molar-refractivity contribution in [3.8, 4) is 0 Å². The summed E-state index contributed by atoms with van der Waals surface area (Å²) in [4.78, 5) is 0. The van der Waals surface area contributed by atoms with Crippen LogP contribution in [-0.4, -0.2) is 47.1 Å². The fourth-order valence-electron chi connectivity index (χ4n) is 0. The number of hydrogen-bond donors (Lipinski definition) is 0. The van der Waals surface area contributed by atoms with E-state index in [-0.39, 0.29) is 99.8 Å². The Morgan fingerprint density at radius 2 is 1.12 bits per heavy atom. The van der Waals surface area contributed by atoms with Gasteiger partial charge in [-0.3, -0.25) is 8.42 Å². The molecular formula is HKLiNaO4S. The molecule has 0 bridgehead atoms. The average Bonchev–Trinajstić information content (AvgIpc) is 0.722. The van der Waals surface area contributed by atoms with Crippen molar-refractivity contribution in [2.45, 2.75) is 0 Å². The zero-order chi connectivity index (χ0) is 4.50. The second-order valence-electron chi connectivity index (χ2n) is 0.408. The molecule has 0 radical (unpaired) electrons. The first-order valence-electron chi connectivity index (χ1n) is 0.667. The van der Waals surface area contributed by atoms with Crippen LogP contribution in [0, 0.1) is 0 Å². The molecule has 0 unspecified atom stereocenters. The van der Waals surface area contributed by atoms with E-state index in [2.05, 4.69) is 0 Å². The Hall–Kier alpha value is 3.10. The Labute approximate surface area is 125 Å². The van der Waals surface area contributed by atoms with Gasteiger partial charge in [0.15, 0.2) is 0 Å². The summed E-state index contributed by atoms with van der Waals surface area (Å²) in [6.45, 7) is 0. The molecule has 0 aromatic heterocycles. The van der Waals surface area contributed by atoms with Crippen molar-refractivity contribution in [3.63, 3.8) is 0 Å². The van der Waals surface area contributed by atoms with Gasteiger partial charge in [-0.25, -0.2) is 0 Å². The van der Waals surface area contributed by atoms with Gasteiger partial charge in [-0.2, -0.15) is 0 Å². The fourth-order valence-corrected chi connectivity index (χ4v) is 0. The standard InChI is InChI=1S/K.Li.Na.H2O4S.H/c;;;1-5(2,3)4;/h;;;(H2,1,2,3,4);/q2*+1;;;/p-2. The van der Waals surface area contributed by atoms with Gasteiger partial charge < -0.3 is 9.11 Å². The van der Waals surface area contributed by atoms with Gasteiger partial charge in [0.2, 0.25) is 0 Å². The molecule has 0 aliphatic heterocycles. The normalized spacial score (nSPS) is 7.25.